The summed E-state index contributed by atoms with van der Waals surface area (Å²) in [5.74, 6) is 0. The Bertz CT molecular complexity index is 969. The molecule has 3 aliphatic carbocycles. The number of halogens is 5. The summed E-state index contributed by atoms with van der Waals surface area (Å²) in [4.78, 5) is 0. The summed E-state index contributed by atoms with van der Waals surface area (Å²) in [5.41, 5.74) is 6.42. The molecule has 1 unspecified atom stereocenters. The fourth-order valence-electron chi connectivity index (χ4n) is 4.49. The topological polar surface area (TPSA) is 0 Å². The van der Waals surface area contributed by atoms with Crippen LogP contribution in [0.4, 0.5) is 0 Å². The maximum atomic E-state index is 6.84. The van der Waals surface area contributed by atoms with Gasteiger partial charge >= 0.3 is 221 Å². The van der Waals surface area contributed by atoms with Crippen molar-refractivity contribution in [3.05, 3.63) is 85.0 Å². The van der Waals surface area contributed by atoms with E-state index < -0.39 is 23.3 Å². The van der Waals surface area contributed by atoms with Gasteiger partial charge in [0.25, 0.3) is 0 Å². The van der Waals surface area contributed by atoms with E-state index in [9.17, 15) is 0 Å². The molecule has 3 aliphatic rings. The van der Waals surface area contributed by atoms with Gasteiger partial charge in [-0.1, -0.05) is 0 Å². The van der Waals surface area contributed by atoms with Gasteiger partial charge in [0.05, 0.1) is 0 Å². The van der Waals surface area contributed by atoms with Crippen molar-refractivity contribution >= 4 is 55.3 Å². The monoisotopic (exact) mass is 606 g/mol. The van der Waals surface area contributed by atoms with Gasteiger partial charge < -0.3 is 0 Å². The molecule has 0 spiro atoms. The molecule has 0 N–H and O–H groups in total. The van der Waals surface area contributed by atoms with Crippen LogP contribution >= 0.6 is 49.2 Å². The van der Waals surface area contributed by atoms with Crippen LogP contribution in [-0.2, 0) is 23.3 Å². The van der Waals surface area contributed by atoms with Crippen molar-refractivity contribution in [2.45, 2.75) is 57.5 Å². The van der Waals surface area contributed by atoms with Crippen LogP contribution in [0, 0.1) is 0 Å². The molecule has 0 bridgehead atoms. The second-order valence-electron chi connectivity index (χ2n) is 7.97. The Hall–Kier alpha value is 0.539. The van der Waals surface area contributed by atoms with Crippen LogP contribution in [0.1, 0.15) is 68.6 Å². The Morgan fingerprint density at radius 1 is 0.781 bits per heavy atom. The number of rotatable bonds is 6. The van der Waals surface area contributed by atoms with Crippen molar-refractivity contribution in [2.75, 3.05) is 0 Å². The maximum absolute atomic E-state index is 6.84. The molecule has 32 heavy (non-hydrogen) atoms. The SMILES string of the molecule is CCC1=Cc2ccccc2[CH]1[V]([Cl])([Cl])[Cl].CCC1=[C]([V]([Cl])([Cl])[C]2=C(CC)C=CC2)CC=C1. The Labute approximate surface area is 219 Å². The predicted octanol–water partition coefficient (Wildman–Crippen LogP) is 10.8. The van der Waals surface area contributed by atoms with Crippen molar-refractivity contribution in [3.63, 3.8) is 0 Å². The summed E-state index contributed by atoms with van der Waals surface area (Å²) in [7, 11) is 32.3. The van der Waals surface area contributed by atoms with Crippen molar-refractivity contribution < 1.29 is 23.3 Å². The number of benzene rings is 1. The molecule has 1 atom stereocenters. The molecule has 174 valence electrons. The molecule has 0 aromatic heterocycles. The molecule has 0 radical (unpaired) electrons. The van der Waals surface area contributed by atoms with Gasteiger partial charge in [-0.25, -0.2) is 0 Å². The van der Waals surface area contributed by atoms with Crippen LogP contribution in [0.2, 0.25) is 0 Å². The van der Waals surface area contributed by atoms with E-state index >= 15 is 0 Å². The van der Waals surface area contributed by atoms with E-state index in [1.165, 1.54) is 36.4 Å². The van der Waals surface area contributed by atoms with Gasteiger partial charge in [0, 0.05) is 0 Å². The molecule has 0 aliphatic heterocycles. The van der Waals surface area contributed by atoms with E-state index in [4.69, 9.17) is 49.2 Å². The quantitative estimate of drug-likeness (QED) is 0.301. The van der Waals surface area contributed by atoms with Crippen molar-refractivity contribution in [1.82, 2.24) is 0 Å². The molecular formula is C25H29Cl5V2. The number of fused-ring (bicyclic) bond motifs is 1. The predicted molar refractivity (Wildman–Crippen MR) is 139 cm³/mol. The van der Waals surface area contributed by atoms with Crippen molar-refractivity contribution in [3.8, 4) is 0 Å². The average molecular weight is 609 g/mol. The van der Waals surface area contributed by atoms with E-state index in [-0.39, 0.29) is 4.63 Å². The van der Waals surface area contributed by atoms with Gasteiger partial charge in [0.15, 0.2) is 0 Å². The summed E-state index contributed by atoms with van der Waals surface area (Å²) in [6.07, 6.45) is 15.9. The molecular weight excluding hydrogens is 579 g/mol. The summed E-state index contributed by atoms with van der Waals surface area (Å²) in [6, 6.07) is 8.19. The number of hydrogen-bond acceptors (Lipinski definition) is 0. The minimum absolute atomic E-state index is 0.0781. The summed E-state index contributed by atoms with van der Waals surface area (Å²) in [5, 5.41) is 0. The van der Waals surface area contributed by atoms with Crippen LogP contribution in [0.15, 0.2) is 73.9 Å². The molecule has 0 saturated carbocycles. The normalized spacial score (nSPS) is 20.0. The summed E-state index contributed by atoms with van der Waals surface area (Å²) < 4.78 is 2.77. The third kappa shape index (κ3) is 5.84. The van der Waals surface area contributed by atoms with Crippen LogP contribution in [0.25, 0.3) is 6.08 Å². The van der Waals surface area contributed by atoms with Gasteiger partial charge in [-0.15, -0.1) is 0 Å². The first-order chi connectivity index (χ1) is 15.1. The van der Waals surface area contributed by atoms with E-state index in [0.717, 1.165) is 32.1 Å². The molecule has 0 heterocycles. The number of hydrogen-bond donors (Lipinski definition) is 0. The fraction of sp³-hybridized carbons (Fsp3) is 0.360. The average Bonchev–Trinajstić information content (AvgIpc) is 3.50. The van der Waals surface area contributed by atoms with E-state index in [1.807, 2.05) is 12.1 Å². The zero-order valence-electron chi connectivity index (χ0n) is 18.6. The molecule has 0 amide bonds. The van der Waals surface area contributed by atoms with E-state index in [0.29, 0.717) is 0 Å². The second-order valence-corrected chi connectivity index (χ2v) is 27.2. The molecule has 0 saturated heterocycles. The molecule has 4 rings (SSSR count). The van der Waals surface area contributed by atoms with Crippen LogP contribution in [0.5, 0.6) is 0 Å². The number of allylic oxidation sites excluding steroid dienone is 9. The van der Waals surface area contributed by atoms with Crippen LogP contribution in [-0.4, -0.2) is 0 Å². The third-order valence-electron chi connectivity index (χ3n) is 6.13. The van der Waals surface area contributed by atoms with Crippen molar-refractivity contribution in [1.29, 1.82) is 0 Å². The Balaban J connectivity index is 0.000000182. The Morgan fingerprint density at radius 2 is 1.31 bits per heavy atom. The third-order valence-corrected chi connectivity index (χ3v) is 17.4. The first-order valence-corrected chi connectivity index (χ1v) is 22.8. The zero-order valence-corrected chi connectivity index (χ0v) is 25.2. The van der Waals surface area contributed by atoms with E-state index in [1.54, 1.807) is 0 Å². The van der Waals surface area contributed by atoms with Gasteiger partial charge in [0.2, 0.25) is 0 Å². The molecule has 0 nitrogen and oxygen atoms in total. The van der Waals surface area contributed by atoms with Gasteiger partial charge in [-0.05, 0) is 0 Å². The Morgan fingerprint density at radius 3 is 1.78 bits per heavy atom. The molecule has 7 heteroatoms. The molecule has 0 fully saturated rings. The summed E-state index contributed by atoms with van der Waals surface area (Å²) >= 11 is -5.87. The second kappa shape index (κ2) is 11.5. The first-order valence-electron chi connectivity index (χ1n) is 11.0. The summed E-state index contributed by atoms with van der Waals surface area (Å²) in [6.45, 7) is 6.47. The van der Waals surface area contributed by atoms with Gasteiger partial charge in [-0.3, -0.25) is 0 Å². The zero-order chi connectivity index (χ0) is 23.5. The van der Waals surface area contributed by atoms with Crippen LogP contribution in [0.3, 0.4) is 0 Å². The molecule has 1 aromatic carbocycles. The molecule has 1 aromatic rings. The standard InChI is InChI=1S/C11H11.2C7H9.5ClH.2V/c1-2-9-7-10-5-3-4-6-11(10)8-9;2*1-2-7-5-3-4-6-7;;;;;;;/h3-8H,2H2,1H3;2*3,5H,2,4H2,1H3;5*1H;;/q;;;;;;;;+2;+3/p-5. The van der Waals surface area contributed by atoms with E-state index in [2.05, 4.69) is 63.3 Å². The van der Waals surface area contributed by atoms with Crippen molar-refractivity contribution in [2.24, 2.45) is 0 Å². The van der Waals surface area contributed by atoms with Gasteiger partial charge in [0.1, 0.15) is 0 Å². The Kier molecular flexibility index (Phi) is 9.76. The van der Waals surface area contributed by atoms with Gasteiger partial charge in [-0.2, -0.15) is 0 Å². The fourth-order valence-corrected chi connectivity index (χ4v) is 15.5. The first kappa shape index (κ1) is 27.1. The van der Waals surface area contributed by atoms with Crippen LogP contribution < -0.4 is 0 Å². The minimum atomic E-state index is -3.06.